The molecule has 0 aromatic carbocycles. The third-order valence-electron chi connectivity index (χ3n) is 3.80. The smallest absolute Gasteiger partial charge is 0.332 e. The fourth-order valence-electron chi connectivity index (χ4n) is 2.60. The van der Waals surface area contributed by atoms with Crippen LogP contribution in [0, 0.1) is 0 Å². The van der Waals surface area contributed by atoms with E-state index in [0.29, 0.717) is 18.3 Å². The van der Waals surface area contributed by atoms with Gasteiger partial charge in [-0.15, -0.1) is 0 Å². The van der Waals surface area contributed by atoms with E-state index in [1.807, 2.05) is 6.07 Å². The molecule has 0 aliphatic heterocycles. The first-order chi connectivity index (χ1) is 11.4. The minimum Gasteiger partial charge on any atom is -0.467 e. The van der Waals surface area contributed by atoms with Gasteiger partial charge in [-0.25, -0.2) is 4.79 Å². The Morgan fingerprint density at radius 1 is 1.33 bits per heavy atom. The van der Waals surface area contributed by atoms with E-state index in [4.69, 9.17) is 4.42 Å². The molecule has 3 heterocycles. The minimum atomic E-state index is -0.687. The summed E-state index contributed by atoms with van der Waals surface area (Å²) < 4.78 is 9.19. The quantitative estimate of drug-likeness (QED) is 0.682. The van der Waals surface area contributed by atoms with Crippen molar-refractivity contribution in [1.82, 2.24) is 18.7 Å². The molecule has 0 bridgehead atoms. The number of nitrogens with one attached hydrogen (secondary N) is 1. The number of aliphatic hydroxyl groups is 1. The summed E-state index contributed by atoms with van der Waals surface area (Å²) in [5.41, 5.74) is -0.368. The number of aryl methyl sites for hydroxylation is 1. The van der Waals surface area contributed by atoms with Crippen LogP contribution >= 0.6 is 0 Å². The van der Waals surface area contributed by atoms with Gasteiger partial charge in [0.15, 0.2) is 11.2 Å². The molecule has 2 N–H and O–H groups in total. The van der Waals surface area contributed by atoms with Gasteiger partial charge in [-0.3, -0.25) is 13.9 Å². The van der Waals surface area contributed by atoms with Crippen LogP contribution in [-0.2, 0) is 27.2 Å². The van der Waals surface area contributed by atoms with Gasteiger partial charge in [0.25, 0.3) is 5.56 Å². The van der Waals surface area contributed by atoms with Crippen molar-refractivity contribution >= 4 is 17.1 Å². The highest BCUT2D eigenvalue weighted by Gasteiger charge is 2.20. The summed E-state index contributed by atoms with van der Waals surface area (Å²) in [6, 6.07) is 3.58. The van der Waals surface area contributed by atoms with Crippen LogP contribution in [-0.4, -0.2) is 29.9 Å². The molecule has 9 nitrogen and oxygen atoms in total. The third-order valence-corrected chi connectivity index (χ3v) is 3.80. The van der Waals surface area contributed by atoms with Gasteiger partial charge in [-0.2, -0.15) is 4.98 Å². The van der Waals surface area contributed by atoms with Crippen molar-refractivity contribution in [3.05, 3.63) is 45.0 Å². The lowest BCUT2D eigenvalue weighted by Crippen LogP contribution is -2.37. The second-order valence-electron chi connectivity index (χ2n) is 5.71. The molecular formula is C15H19N5O4. The molecule has 0 radical (unpaired) electrons. The zero-order valence-electron chi connectivity index (χ0n) is 13.7. The van der Waals surface area contributed by atoms with Gasteiger partial charge in [0.1, 0.15) is 5.76 Å². The number of nitrogens with zero attached hydrogens (tertiary/aromatic N) is 4. The van der Waals surface area contributed by atoms with Crippen molar-refractivity contribution in [3.8, 4) is 0 Å². The molecule has 24 heavy (non-hydrogen) atoms. The van der Waals surface area contributed by atoms with Gasteiger partial charge in [0.2, 0.25) is 5.95 Å². The summed E-state index contributed by atoms with van der Waals surface area (Å²) in [6.07, 6.45) is 0.878. The van der Waals surface area contributed by atoms with Crippen molar-refractivity contribution in [3.63, 3.8) is 0 Å². The lowest BCUT2D eigenvalue weighted by atomic mass is 10.4. The predicted octanol–water partition coefficient (Wildman–Crippen LogP) is 0.0196. The molecule has 3 rings (SSSR count). The van der Waals surface area contributed by atoms with Gasteiger partial charge in [0, 0.05) is 14.1 Å². The highest BCUT2D eigenvalue weighted by molar-refractivity contribution is 5.74. The Morgan fingerprint density at radius 3 is 2.71 bits per heavy atom. The summed E-state index contributed by atoms with van der Waals surface area (Å²) >= 11 is 0. The number of aromatic nitrogens is 4. The summed E-state index contributed by atoms with van der Waals surface area (Å²) in [7, 11) is 2.97. The maximum Gasteiger partial charge on any atom is 0.332 e. The lowest BCUT2D eigenvalue weighted by molar-refractivity contribution is 0.175. The van der Waals surface area contributed by atoms with Crippen molar-refractivity contribution in [2.75, 3.05) is 5.32 Å². The highest BCUT2D eigenvalue weighted by atomic mass is 16.3. The van der Waals surface area contributed by atoms with Gasteiger partial charge >= 0.3 is 5.69 Å². The third kappa shape index (κ3) is 2.62. The average Bonchev–Trinajstić information content (AvgIpc) is 3.16. The zero-order chi connectivity index (χ0) is 17.4. The maximum absolute atomic E-state index is 12.5. The van der Waals surface area contributed by atoms with Crippen LogP contribution in [0.4, 0.5) is 5.95 Å². The standard InChI is InChI=1S/C15H19N5O4/c1-9(21)8-20-11-12(18(2)15(23)19(3)13(11)22)17-14(20)16-7-10-5-4-6-24-10/h4-6,9,21H,7-8H2,1-3H3,(H,16,17)/t9-/m0/s1. The van der Waals surface area contributed by atoms with E-state index in [1.165, 1.54) is 11.6 Å². The number of hydrogen-bond donors (Lipinski definition) is 2. The SMILES string of the molecule is C[C@H](O)Cn1c(NCc2ccco2)nc2c1c(=O)n(C)c(=O)n2C. The molecule has 0 fully saturated rings. The molecule has 0 amide bonds. The molecular weight excluding hydrogens is 314 g/mol. The average molecular weight is 333 g/mol. The zero-order valence-corrected chi connectivity index (χ0v) is 13.7. The van der Waals surface area contributed by atoms with Crippen LogP contribution in [0.2, 0.25) is 0 Å². The predicted molar refractivity (Wildman–Crippen MR) is 87.9 cm³/mol. The van der Waals surface area contributed by atoms with Crippen LogP contribution in [0.25, 0.3) is 11.2 Å². The van der Waals surface area contributed by atoms with Gasteiger partial charge in [-0.05, 0) is 19.1 Å². The molecule has 128 valence electrons. The van der Waals surface area contributed by atoms with E-state index in [0.717, 1.165) is 4.57 Å². The van der Waals surface area contributed by atoms with Crippen LogP contribution in [0.15, 0.2) is 32.4 Å². The topological polar surface area (TPSA) is 107 Å². The van der Waals surface area contributed by atoms with E-state index >= 15 is 0 Å². The van der Waals surface area contributed by atoms with E-state index < -0.39 is 17.4 Å². The number of hydrogen-bond acceptors (Lipinski definition) is 6. The largest absolute Gasteiger partial charge is 0.467 e. The van der Waals surface area contributed by atoms with Crippen LogP contribution in [0.5, 0.6) is 0 Å². The summed E-state index contributed by atoms with van der Waals surface area (Å²) in [6.45, 7) is 2.16. The molecule has 0 spiro atoms. The Balaban J connectivity index is 2.17. The first-order valence-electron chi connectivity index (χ1n) is 7.50. The fourth-order valence-corrected chi connectivity index (χ4v) is 2.60. The van der Waals surface area contributed by atoms with E-state index in [1.54, 1.807) is 30.9 Å². The van der Waals surface area contributed by atoms with Crippen molar-refractivity contribution in [2.45, 2.75) is 26.1 Å². The van der Waals surface area contributed by atoms with Crippen molar-refractivity contribution < 1.29 is 9.52 Å². The lowest BCUT2D eigenvalue weighted by Gasteiger charge is -2.11. The van der Waals surface area contributed by atoms with E-state index in [9.17, 15) is 14.7 Å². The van der Waals surface area contributed by atoms with Crippen molar-refractivity contribution in [1.29, 1.82) is 0 Å². The second kappa shape index (κ2) is 6.00. The second-order valence-corrected chi connectivity index (χ2v) is 5.71. The number of fused-ring (bicyclic) bond motifs is 1. The van der Waals surface area contributed by atoms with Crippen LogP contribution < -0.4 is 16.6 Å². The Labute approximate surface area is 136 Å². The molecule has 0 aliphatic rings. The first kappa shape index (κ1) is 16.1. The molecule has 0 saturated carbocycles. The number of anilines is 1. The number of rotatable bonds is 5. The molecule has 0 saturated heterocycles. The Kier molecular flexibility index (Phi) is 4.02. The first-order valence-corrected chi connectivity index (χ1v) is 7.50. The monoisotopic (exact) mass is 333 g/mol. The van der Waals surface area contributed by atoms with E-state index in [-0.39, 0.29) is 17.7 Å². The molecule has 3 aromatic heterocycles. The molecule has 0 aliphatic carbocycles. The Hall–Kier alpha value is -2.81. The maximum atomic E-state index is 12.5. The van der Waals surface area contributed by atoms with E-state index in [2.05, 4.69) is 10.3 Å². The summed E-state index contributed by atoms with van der Waals surface area (Å²) in [5.74, 6) is 1.09. The number of imidazole rings is 1. The molecule has 1 atom stereocenters. The number of aliphatic hydroxyl groups excluding tert-OH is 1. The van der Waals surface area contributed by atoms with Crippen LogP contribution in [0.3, 0.4) is 0 Å². The van der Waals surface area contributed by atoms with Gasteiger partial charge in [-0.1, -0.05) is 0 Å². The normalized spacial score (nSPS) is 12.7. The molecule has 0 unspecified atom stereocenters. The molecule has 3 aromatic rings. The molecule has 9 heteroatoms. The summed E-state index contributed by atoms with van der Waals surface area (Å²) in [4.78, 5) is 29.0. The fraction of sp³-hybridized carbons (Fsp3) is 0.400. The van der Waals surface area contributed by atoms with Gasteiger partial charge in [0.05, 0.1) is 25.5 Å². The Morgan fingerprint density at radius 2 is 2.08 bits per heavy atom. The summed E-state index contributed by atoms with van der Waals surface area (Å²) in [5, 5.41) is 12.9. The highest BCUT2D eigenvalue weighted by Crippen LogP contribution is 2.17. The Bertz CT molecular complexity index is 978. The minimum absolute atomic E-state index is 0.171. The number of furan rings is 1. The van der Waals surface area contributed by atoms with Crippen molar-refractivity contribution in [2.24, 2.45) is 14.1 Å². The van der Waals surface area contributed by atoms with Crippen LogP contribution in [0.1, 0.15) is 12.7 Å². The van der Waals surface area contributed by atoms with Gasteiger partial charge < -0.3 is 19.4 Å².